The molecule has 0 unspecified atom stereocenters. The molecule has 0 radical (unpaired) electrons. The number of carbonyl (C=O) groups is 2. The van der Waals surface area contributed by atoms with E-state index in [1.54, 1.807) is 13.0 Å². The highest BCUT2D eigenvalue weighted by Crippen LogP contribution is 2.29. The van der Waals surface area contributed by atoms with Crippen LogP contribution in [0.25, 0.3) is 0 Å². The third-order valence-corrected chi connectivity index (χ3v) is 3.19. The smallest absolute Gasteiger partial charge is 0.341 e. The van der Waals surface area contributed by atoms with Gasteiger partial charge in [-0.3, -0.25) is 4.79 Å². The van der Waals surface area contributed by atoms with Crippen LogP contribution in [-0.2, 0) is 27.3 Å². The molecule has 21 heavy (non-hydrogen) atoms. The molecule has 2 heterocycles. The zero-order valence-corrected chi connectivity index (χ0v) is 12.8. The van der Waals surface area contributed by atoms with Crippen LogP contribution in [0.15, 0.2) is 6.07 Å². The number of nitrogens with zero attached hydrogens (tertiary/aromatic N) is 1. The summed E-state index contributed by atoms with van der Waals surface area (Å²) in [6.45, 7) is 7.72. The van der Waals surface area contributed by atoms with Gasteiger partial charge in [0.25, 0.3) is 0 Å². The average Bonchev–Trinajstić information content (AvgIpc) is 2.36. The highest BCUT2D eigenvalue weighted by atomic mass is 16.5. The summed E-state index contributed by atoms with van der Waals surface area (Å²) in [5.74, 6) is -0.530. The van der Waals surface area contributed by atoms with E-state index >= 15 is 0 Å². The van der Waals surface area contributed by atoms with Crippen LogP contribution in [0.2, 0.25) is 0 Å². The van der Waals surface area contributed by atoms with Gasteiger partial charge in [0, 0.05) is 18.9 Å². The van der Waals surface area contributed by atoms with E-state index in [9.17, 15) is 9.59 Å². The third kappa shape index (κ3) is 3.58. The second kappa shape index (κ2) is 5.81. The predicted molar refractivity (Wildman–Crippen MR) is 77.1 cm³/mol. The monoisotopic (exact) mass is 292 g/mol. The van der Waals surface area contributed by atoms with Crippen molar-refractivity contribution in [2.75, 3.05) is 11.9 Å². The highest BCUT2D eigenvalue weighted by Gasteiger charge is 2.29. The van der Waals surface area contributed by atoms with Gasteiger partial charge >= 0.3 is 5.97 Å². The van der Waals surface area contributed by atoms with Crippen LogP contribution in [0.4, 0.5) is 5.82 Å². The van der Waals surface area contributed by atoms with Crippen LogP contribution < -0.4 is 5.32 Å². The molecule has 1 aliphatic rings. The van der Waals surface area contributed by atoms with Crippen LogP contribution in [0, 0.1) is 0 Å². The number of ether oxygens (including phenoxy) is 2. The van der Waals surface area contributed by atoms with Gasteiger partial charge in [-0.05, 0) is 26.8 Å². The Labute approximate surface area is 123 Å². The number of fused-ring (bicyclic) bond motifs is 1. The van der Waals surface area contributed by atoms with Crippen molar-refractivity contribution in [3.63, 3.8) is 0 Å². The summed E-state index contributed by atoms with van der Waals surface area (Å²) < 4.78 is 10.7. The minimum absolute atomic E-state index is 0.248. The summed E-state index contributed by atoms with van der Waals surface area (Å²) in [5.41, 5.74) is 1.64. The van der Waals surface area contributed by atoms with E-state index in [0.717, 1.165) is 11.3 Å². The first-order valence-electron chi connectivity index (χ1n) is 6.94. The normalized spacial score (nSPS) is 16.0. The number of carbonyl (C=O) groups excluding carboxylic acids is 2. The van der Waals surface area contributed by atoms with Crippen molar-refractivity contribution >= 4 is 17.7 Å². The second-order valence-electron chi connectivity index (χ2n) is 5.62. The molecule has 0 saturated carbocycles. The molecular weight excluding hydrogens is 272 g/mol. The molecule has 1 aromatic heterocycles. The summed E-state index contributed by atoms with van der Waals surface area (Å²) in [5, 5.41) is 2.60. The zero-order chi connectivity index (χ0) is 15.6. The first-order valence-corrected chi connectivity index (χ1v) is 6.94. The maximum absolute atomic E-state index is 12.0. The Morgan fingerprint density at radius 3 is 2.81 bits per heavy atom. The molecule has 114 valence electrons. The standard InChI is InChI=1S/C15H20N2O4/c1-5-20-14(19)11-6-10-8-21-15(3,4)7-12(10)17-13(11)16-9(2)18/h6H,5,7-8H2,1-4H3,(H,16,17,18). The van der Waals surface area contributed by atoms with E-state index in [1.807, 2.05) is 13.8 Å². The van der Waals surface area contributed by atoms with Crippen molar-refractivity contribution in [1.82, 2.24) is 4.98 Å². The fourth-order valence-electron chi connectivity index (χ4n) is 2.22. The van der Waals surface area contributed by atoms with Gasteiger partial charge in [-0.1, -0.05) is 0 Å². The fourth-order valence-corrected chi connectivity index (χ4v) is 2.22. The summed E-state index contributed by atoms with van der Waals surface area (Å²) >= 11 is 0. The highest BCUT2D eigenvalue weighted by molar-refractivity contribution is 5.99. The van der Waals surface area contributed by atoms with Crippen LogP contribution in [-0.4, -0.2) is 29.1 Å². The van der Waals surface area contributed by atoms with Gasteiger partial charge in [-0.15, -0.1) is 0 Å². The van der Waals surface area contributed by atoms with E-state index in [-0.39, 0.29) is 29.5 Å². The number of aromatic nitrogens is 1. The van der Waals surface area contributed by atoms with Crippen molar-refractivity contribution in [3.8, 4) is 0 Å². The lowest BCUT2D eigenvalue weighted by molar-refractivity contribution is -0.114. The maximum atomic E-state index is 12.0. The largest absolute Gasteiger partial charge is 0.462 e. The number of amides is 1. The summed E-state index contributed by atoms with van der Waals surface area (Å²) in [7, 11) is 0. The van der Waals surface area contributed by atoms with Crippen molar-refractivity contribution in [2.45, 2.75) is 46.3 Å². The molecule has 2 rings (SSSR count). The van der Waals surface area contributed by atoms with Crippen molar-refractivity contribution in [1.29, 1.82) is 0 Å². The molecule has 0 fully saturated rings. The molecule has 1 N–H and O–H groups in total. The number of hydrogen-bond acceptors (Lipinski definition) is 5. The Morgan fingerprint density at radius 1 is 1.48 bits per heavy atom. The van der Waals surface area contributed by atoms with Gasteiger partial charge in [0.2, 0.25) is 5.91 Å². The first-order chi connectivity index (χ1) is 9.82. The SMILES string of the molecule is CCOC(=O)c1cc2c(nc1NC(C)=O)CC(C)(C)OC2. The molecule has 0 bridgehead atoms. The maximum Gasteiger partial charge on any atom is 0.341 e. The van der Waals surface area contributed by atoms with E-state index in [4.69, 9.17) is 9.47 Å². The minimum Gasteiger partial charge on any atom is -0.462 e. The first kappa shape index (κ1) is 15.4. The molecular formula is C15H20N2O4. The van der Waals surface area contributed by atoms with Crippen molar-refractivity contribution in [2.24, 2.45) is 0 Å². The van der Waals surface area contributed by atoms with Gasteiger partial charge < -0.3 is 14.8 Å². The molecule has 0 spiro atoms. The number of esters is 1. The van der Waals surface area contributed by atoms with Crippen molar-refractivity contribution in [3.05, 3.63) is 22.9 Å². The van der Waals surface area contributed by atoms with Gasteiger partial charge in [-0.25, -0.2) is 9.78 Å². The molecule has 0 aliphatic carbocycles. The number of pyridine rings is 1. The second-order valence-corrected chi connectivity index (χ2v) is 5.62. The Bertz CT molecular complexity index is 581. The lowest BCUT2D eigenvalue weighted by Gasteiger charge is -2.31. The van der Waals surface area contributed by atoms with Gasteiger partial charge in [0.15, 0.2) is 0 Å². The minimum atomic E-state index is -0.499. The molecule has 1 amide bonds. The lowest BCUT2D eigenvalue weighted by Crippen LogP contribution is -2.33. The number of hydrogen-bond donors (Lipinski definition) is 1. The van der Waals surface area contributed by atoms with Gasteiger partial charge in [0.05, 0.1) is 24.5 Å². The van der Waals surface area contributed by atoms with Crippen LogP contribution in [0.5, 0.6) is 0 Å². The van der Waals surface area contributed by atoms with Crippen LogP contribution in [0.3, 0.4) is 0 Å². The molecule has 0 atom stereocenters. The van der Waals surface area contributed by atoms with E-state index in [0.29, 0.717) is 13.0 Å². The van der Waals surface area contributed by atoms with Crippen molar-refractivity contribution < 1.29 is 19.1 Å². The van der Waals surface area contributed by atoms with E-state index < -0.39 is 5.97 Å². The van der Waals surface area contributed by atoms with Gasteiger partial charge in [0.1, 0.15) is 11.4 Å². The zero-order valence-electron chi connectivity index (χ0n) is 12.8. The van der Waals surface area contributed by atoms with Crippen LogP contribution in [0.1, 0.15) is 49.3 Å². The Morgan fingerprint density at radius 2 is 2.19 bits per heavy atom. The molecule has 1 aromatic rings. The van der Waals surface area contributed by atoms with Gasteiger partial charge in [-0.2, -0.15) is 0 Å². The topological polar surface area (TPSA) is 77.5 Å². The molecule has 1 aliphatic heterocycles. The molecule has 6 nitrogen and oxygen atoms in total. The number of nitrogens with one attached hydrogen (secondary N) is 1. The fraction of sp³-hybridized carbons (Fsp3) is 0.533. The molecule has 6 heteroatoms. The Balaban J connectivity index is 2.45. The molecule has 0 aromatic carbocycles. The number of anilines is 1. The number of rotatable bonds is 3. The molecule has 0 saturated heterocycles. The lowest BCUT2D eigenvalue weighted by atomic mass is 9.95. The van der Waals surface area contributed by atoms with E-state index in [1.165, 1.54) is 6.92 Å². The Kier molecular flexibility index (Phi) is 4.27. The van der Waals surface area contributed by atoms with E-state index in [2.05, 4.69) is 10.3 Å². The summed E-state index contributed by atoms with van der Waals surface area (Å²) in [6, 6.07) is 1.70. The summed E-state index contributed by atoms with van der Waals surface area (Å²) in [4.78, 5) is 27.8. The van der Waals surface area contributed by atoms with Crippen LogP contribution >= 0.6 is 0 Å². The summed E-state index contributed by atoms with van der Waals surface area (Å²) in [6.07, 6.45) is 0.623. The third-order valence-electron chi connectivity index (χ3n) is 3.19. The quantitative estimate of drug-likeness (QED) is 0.863. The Hall–Kier alpha value is -1.95. The predicted octanol–water partition coefficient (Wildman–Crippen LogP) is 2.07. The average molecular weight is 292 g/mol.